The van der Waals surface area contributed by atoms with Crippen molar-refractivity contribution in [1.29, 1.82) is 5.26 Å². The SMILES string of the molecule is COc1ccc(N/C=C(/C#N)C(=O)NC(C)(C)C)cc1OC. The number of methoxy groups -OCH3 is 2. The van der Waals surface area contributed by atoms with E-state index in [1.807, 2.05) is 26.8 Å². The Hall–Kier alpha value is -2.68. The number of nitrogens with zero attached hydrogens (tertiary/aromatic N) is 1. The minimum absolute atomic E-state index is 0.00953. The Morgan fingerprint density at radius 1 is 1.23 bits per heavy atom. The Morgan fingerprint density at radius 3 is 2.36 bits per heavy atom. The molecule has 0 radical (unpaired) electrons. The van der Waals surface area contributed by atoms with Crippen LogP contribution in [0.3, 0.4) is 0 Å². The van der Waals surface area contributed by atoms with Crippen LogP contribution in [0.25, 0.3) is 0 Å². The molecule has 0 spiro atoms. The van der Waals surface area contributed by atoms with E-state index in [0.29, 0.717) is 17.2 Å². The van der Waals surface area contributed by atoms with E-state index in [9.17, 15) is 4.79 Å². The largest absolute Gasteiger partial charge is 0.493 e. The monoisotopic (exact) mass is 303 g/mol. The molecule has 0 atom stereocenters. The van der Waals surface area contributed by atoms with Gasteiger partial charge in [-0.05, 0) is 32.9 Å². The molecule has 0 unspecified atom stereocenters. The van der Waals surface area contributed by atoms with Crippen LogP contribution in [-0.2, 0) is 4.79 Å². The molecule has 0 heterocycles. The molecule has 6 heteroatoms. The molecule has 0 aliphatic heterocycles. The average Bonchev–Trinajstić information content (AvgIpc) is 2.45. The summed E-state index contributed by atoms with van der Waals surface area (Å²) in [6.07, 6.45) is 1.36. The first kappa shape index (κ1) is 17.4. The van der Waals surface area contributed by atoms with Crippen LogP contribution in [-0.4, -0.2) is 25.7 Å². The predicted molar refractivity (Wildman–Crippen MR) is 84.8 cm³/mol. The van der Waals surface area contributed by atoms with E-state index in [1.165, 1.54) is 13.3 Å². The molecular weight excluding hydrogens is 282 g/mol. The number of anilines is 1. The van der Waals surface area contributed by atoms with Crippen LogP contribution >= 0.6 is 0 Å². The van der Waals surface area contributed by atoms with Gasteiger partial charge in [-0.25, -0.2) is 0 Å². The van der Waals surface area contributed by atoms with E-state index in [4.69, 9.17) is 14.7 Å². The van der Waals surface area contributed by atoms with Gasteiger partial charge in [0.15, 0.2) is 11.5 Å². The van der Waals surface area contributed by atoms with Gasteiger partial charge >= 0.3 is 0 Å². The van der Waals surface area contributed by atoms with Gasteiger partial charge < -0.3 is 20.1 Å². The zero-order valence-electron chi connectivity index (χ0n) is 13.5. The number of nitrogens with one attached hydrogen (secondary N) is 2. The summed E-state index contributed by atoms with van der Waals surface area (Å²) in [5, 5.41) is 14.7. The number of hydrogen-bond acceptors (Lipinski definition) is 5. The summed E-state index contributed by atoms with van der Waals surface area (Å²) in [7, 11) is 3.09. The highest BCUT2D eigenvalue weighted by Gasteiger charge is 2.17. The summed E-state index contributed by atoms with van der Waals surface area (Å²) in [4.78, 5) is 11.9. The molecule has 6 nitrogen and oxygen atoms in total. The van der Waals surface area contributed by atoms with E-state index in [0.717, 1.165) is 0 Å². The molecule has 0 aliphatic rings. The fourth-order valence-corrected chi connectivity index (χ4v) is 1.64. The van der Waals surface area contributed by atoms with Gasteiger partial charge in [0.1, 0.15) is 11.6 Å². The third-order valence-corrected chi connectivity index (χ3v) is 2.62. The van der Waals surface area contributed by atoms with E-state index >= 15 is 0 Å². The van der Waals surface area contributed by atoms with Crippen molar-refractivity contribution in [3.63, 3.8) is 0 Å². The molecule has 1 rings (SSSR count). The number of amides is 1. The Balaban J connectivity index is 2.89. The second kappa shape index (κ2) is 7.36. The molecule has 1 aromatic rings. The normalized spacial score (nSPS) is 11.4. The minimum Gasteiger partial charge on any atom is -0.493 e. The van der Waals surface area contributed by atoms with Crippen LogP contribution in [0.2, 0.25) is 0 Å². The van der Waals surface area contributed by atoms with Gasteiger partial charge in [0.25, 0.3) is 5.91 Å². The maximum atomic E-state index is 11.9. The average molecular weight is 303 g/mol. The summed E-state index contributed by atoms with van der Waals surface area (Å²) in [5.74, 6) is 0.726. The number of carbonyl (C=O) groups is 1. The fourth-order valence-electron chi connectivity index (χ4n) is 1.64. The van der Waals surface area contributed by atoms with Crippen molar-refractivity contribution >= 4 is 11.6 Å². The lowest BCUT2D eigenvalue weighted by molar-refractivity contribution is -0.118. The van der Waals surface area contributed by atoms with Crippen molar-refractivity contribution in [1.82, 2.24) is 5.32 Å². The van der Waals surface area contributed by atoms with Crippen LogP contribution < -0.4 is 20.1 Å². The van der Waals surface area contributed by atoms with Crippen molar-refractivity contribution < 1.29 is 14.3 Å². The maximum absolute atomic E-state index is 11.9. The van der Waals surface area contributed by atoms with Crippen molar-refractivity contribution in [3.05, 3.63) is 30.0 Å². The molecule has 2 N–H and O–H groups in total. The third-order valence-electron chi connectivity index (χ3n) is 2.62. The summed E-state index contributed by atoms with van der Waals surface area (Å²) in [6, 6.07) is 7.08. The Bertz CT molecular complexity index is 610. The fraction of sp³-hybridized carbons (Fsp3) is 0.375. The van der Waals surface area contributed by atoms with Gasteiger partial charge in [-0.1, -0.05) is 0 Å². The molecule has 1 amide bonds. The zero-order valence-corrected chi connectivity index (χ0v) is 13.5. The lowest BCUT2D eigenvalue weighted by Gasteiger charge is -2.20. The van der Waals surface area contributed by atoms with Crippen LogP contribution in [0.15, 0.2) is 30.0 Å². The predicted octanol–water partition coefficient (Wildman–Crippen LogP) is 2.44. The van der Waals surface area contributed by atoms with Crippen LogP contribution in [0.4, 0.5) is 5.69 Å². The number of rotatable bonds is 5. The summed E-state index contributed by atoms with van der Waals surface area (Å²) in [5.41, 5.74) is 0.259. The first-order valence-electron chi connectivity index (χ1n) is 6.72. The van der Waals surface area contributed by atoms with Crippen LogP contribution in [0, 0.1) is 11.3 Å². The van der Waals surface area contributed by atoms with Crippen molar-refractivity contribution in [2.75, 3.05) is 19.5 Å². The second-order valence-electron chi connectivity index (χ2n) is 5.59. The number of nitriles is 1. The molecule has 1 aromatic carbocycles. The number of benzene rings is 1. The van der Waals surface area contributed by atoms with Gasteiger partial charge in [0.2, 0.25) is 0 Å². The molecule has 0 aromatic heterocycles. The van der Waals surface area contributed by atoms with Crippen LogP contribution in [0.5, 0.6) is 11.5 Å². The zero-order chi connectivity index (χ0) is 16.8. The lowest BCUT2D eigenvalue weighted by Crippen LogP contribution is -2.41. The molecule has 0 saturated carbocycles. The smallest absolute Gasteiger partial charge is 0.263 e. The Kier molecular flexibility index (Phi) is 5.81. The summed E-state index contributed by atoms with van der Waals surface area (Å²) in [6.45, 7) is 5.55. The van der Waals surface area contributed by atoms with E-state index in [2.05, 4.69) is 10.6 Å². The van der Waals surface area contributed by atoms with E-state index in [-0.39, 0.29) is 5.57 Å². The number of hydrogen-bond donors (Lipinski definition) is 2. The Morgan fingerprint density at radius 2 is 1.86 bits per heavy atom. The molecular formula is C16H21N3O3. The summed E-state index contributed by atoms with van der Waals surface area (Å²) >= 11 is 0. The molecule has 0 aliphatic carbocycles. The van der Waals surface area contributed by atoms with Gasteiger partial charge in [-0.2, -0.15) is 5.26 Å². The van der Waals surface area contributed by atoms with Gasteiger partial charge in [0.05, 0.1) is 14.2 Å². The van der Waals surface area contributed by atoms with Crippen molar-refractivity contribution in [2.24, 2.45) is 0 Å². The number of carbonyl (C=O) groups excluding carboxylic acids is 1. The molecule has 22 heavy (non-hydrogen) atoms. The van der Waals surface area contributed by atoms with Gasteiger partial charge in [-0.15, -0.1) is 0 Å². The highest BCUT2D eigenvalue weighted by molar-refractivity contribution is 5.97. The van der Waals surface area contributed by atoms with Crippen molar-refractivity contribution in [2.45, 2.75) is 26.3 Å². The van der Waals surface area contributed by atoms with Gasteiger partial charge in [0, 0.05) is 23.5 Å². The number of ether oxygens (including phenoxy) is 2. The highest BCUT2D eigenvalue weighted by Crippen LogP contribution is 2.29. The topological polar surface area (TPSA) is 83.4 Å². The second-order valence-corrected chi connectivity index (χ2v) is 5.59. The Labute approximate surface area is 130 Å². The first-order chi connectivity index (χ1) is 10.3. The summed E-state index contributed by atoms with van der Waals surface area (Å²) < 4.78 is 10.3. The van der Waals surface area contributed by atoms with Crippen LogP contribution in [0.1, 0.15) is 20.8 Å². The van der Waals surface area contributed by atoms with Gasteiger partial charge in [-0.3, -0.25) is 4.79 Å². The molecule has 0 saturated heterocycles. The van der Waals surface area contributed by atoms with E-state index < -0.39 is 11.4 Å². The standard InChI is InChI=1S/C16H21N3O3/c1-16(2,3)19-15(20)11(9-17)10-18-12-6-7-13(21-4)14(8-12)22-5/h6-8,10,18H,1-5H3,(H,19,20)/b11-10-. The third kappa shape index (κ3) is 5.02. The highest BCUT2D eigenvalue weighted by atomic mass is 16.5. The van der Waals surface area contributed by atoms with Crippen molar-refractivity contribution in [3.8, 4) is 17.6 Å². The quantitative estimate of drug-likeness (QED) is 0.645. The molecule has 0 fully saturated rings. The molecule has 118 valence electrons. The lowest BCUT2D eigenvalue weighted by atomic mass is 10.1. The molecule has 0 bridgehead atoms. The first-order valence-corrected chi connectivity index (χ1v) is 6.72. The maximum Gasteiger partial charge on any atom is 0.263 e. The minimum atomic E-state index is -0.428. The van der Waals surface area contributed by atoms with E-state index in [1.54, 1.807) is 25.3 Å².